The van der Waals surface area contributed by atoms with Crippen LogP contribution in [0.15, 0.2) is 58.7 Å². The van der Waals surface area contributed by atoms with Gasteiger partial charge >= 0.3 is 0 Å². The molecular formula is C22H19N5O3S. The minimum atomic E-state index is -0.207. The molecule has 0 saturated heterocycles. The molecule has 3 heterocycles. The summed E-state index contributed by atoms with van der Waals surface area (Å²) in [5, 5.41) is 8.24. The maximum atomic E-state index is 12.6. The number of hydrogen-bond donors (Lipinski definition) is 1. The first-order valence-electron chi connectivity index (χ1n) is 9.80. The van der Waals surface area contributed by atoms with Gasteiger partial charge in [-0.1, -0.05) is 18.7 Å². The van der Waals surface area contributed by atoms with E-state index in [1.165, 1.54) is 6.33 Å². The van der Waals surface area contributed by atoms with Crippen LogP contribution in [0.5, 0.6) is 11.5 Å². The van der Waals surface area contributed by atoms with Gasteiger partial charge in [0.2, 0.25) is 6.79 Å². The normalized spacial score (nSPS) is 12.3. The summed E-state index contributed by atoms with van der Waals surface area (Å²) in [5.41, 5.74) is 3.32. The maximum absolute atomic E-state index is 12.6. The lowest BCUT2D eigenvalue weighted by atomic mass is 10.2. The molecule has 156 valence electrons. The summed E-state index contributed by atoms with van der Waals surface area (Å²) in [4.78, 5) is 22.4. The molecule has 1 aliphatic heterocycles. The lowest BCUT2D eigenvalue weighted by Gasteiger charge is -2.12. The van der Waals surface area contributed by atoms with Gasteiger partial charge in [-0.15, -0.1) is 0 Å². The number of benzene rings is 2. The van der Waals surface area contributed by atoms with E-state index in [1.807, 2.05) is 31.2 Å². The van der Waals surface area contributed by atoms with E-state index < -0.39 is 0 Å². The molecule has 0 aliphatic carbocycles. The number of nitrogens with one attached hydrogen (secondary N) is 1. The van der Waals surface area contributed by atoms with Gasteiger partial charge in [-0.25, -0.2) is 4.98 Å². The molecule has 1 N–H and O–H groups in total. The lowest BCUT2D eigenvalue weighted by molar-refractivity contribution is 0.102. The fourth-order valence-electron chi connectivity index (χ4n) is 3.43. The Kier molecular flexibility index (Phi) is 4.95. The van der Waals surface area contributed by atoms with Crippen molar-refractivity contribution in [1.29, 1.82) is 0 Å². The second-order valence-electron chi connectivity index (χ2n) is 6.95. The molecule has 0 saturated carbocycles. The Balaban J connectivity index is 1.35. The predicted octanol–water partition coefficient (Wildman–Crippen LogP) is 4.13. The number of rotatable bonds is 5. The molecule has 0 unspecified atom stereocenters. The zero-order valence-electron chi connectivity index (χ0n) is 17.0. The average Bonchev–Trinajstić information content (AvgIpc) is 3.43. The summed E-state index contributed by atoms with van der Waals surface area (Å²) in [6.45, 7) is 4.27. The highest BCUT2D eigenvalue weighted by Crippen LogP contribution is 2.34. The van der Waals surface area contributed by atoms with Crippen LogP contribution >= 0.6 is 11.8 Å². The van der Waals surface area contributed by atoms with Gasteiger partial charge < -0.3 is 14.8 Å². The Morgan fingerprint density at radius 2 is 1.97 bits per heavy atom. The molecule has 0 fully saturated rings. The molecule has 2 aromatic heterocycles. The van der Waals surface area contributed by atoms with Gasteiger partial charge in [-0.05, 0) is 55.8 Å². The van der Waals surface area contributed by atoms with Crippen molar-refractivity contribution in [2.75, 3.05) is 12.1 Å². The number of ether oxygens (including phenoxy) is 2. The third-order valence-corrected chi connectivity index (χ3v) is 6.12. The molecule has 8 nitrogen and oxygen atoms in total. The Morgan fingerprint density at radius 1 is 1.16 bits per heavy atom. The number of nitrogens with zero attached hydrogens (tertiary/aromatic N) is 4. The number of aromatic nitrogens is 4. The number of hydrogen-bond acceptors (Lipinski definition) is 7. The molecule has 5 rings (SSSR count). The van der Waals surface area contributed by atoms with Crippen LogP contribution in [-0.4, -0.2) is 32.3 Å². The summed E-state index contributed by atoms with van der Waals surface area (Å²) < 4.78 is 12.4. The first-order chi connectivity index (χ1) is 15.1. The van der Waals surface area contributed by atoms with Crippen LogP contribution < -0.4 is 14.8 Å². The summed E-state index contributed by atoms with van der Waals surface area (Å²) in [7, 11) is 0. The van der Waals surface area contributed by atoms with Crippen LogP contribution in [0.4, 0.5) is 5.69 Å². The molecule has 1 amide bonds. The van der Waals surface area contributed by atoms with Crippen molar-refractivity contribution < 1.29 is 14.3 Å². The molecule has 1 aliphatic rings. The molecule has 0 spiro atoms. The minimum absolute atomic E-state index is 0.178. The molecule has 9 heteroatoms. The number of carbonyl (C=O) groups is 1. The third kappa shape index (κ3) is 3.68. The molecule has 2 aromatic carbocycles. The highest BCUT2D eigenvalue weighted by Gasteiger charge is 2.17. The quantitative estimate of drug-likeness (QED) is 0.473. The van der Waals surface area contributed by atoms with Crippen LogP contribution in [0.3, 0.4) is 0 Å². The SMILES string of the molecule is CCc1c(C)nc2ncnn2c1Sc1ccc(NC(=O)c2ccc3c(c2)OCO3)cc1. The van der Waals surface area contributed by atoms with Crippen molar-refractivity contribution in [3.05, 3.63) is 65.6 Å². The van der Waals surface area contributed by atoms with Gasteiger partial charge in [0.15, 0.2) is 11.5 Å². The zero-order valence-corrected chi connectivity index (χ0v) is 17.8. The topological polar surface area (TPSA) is 90.6 Å². The van der Waals surface area contributed by atoms with E-state index in [0.29, 0.717) is 28.5 Å². The Hall–Kier alpha value is -3.59. The maximum Gasteiger partial charge on any atom is 0.255 e. The third-order valence-electron chi connectivity index (χ3n) is 5.00. The molecule has 31 heavy (non-hydrogen) atoms. The fourth-order valence-corrected chi connectivity index (χ4v) is 4.55. The Labute approximate surface area is 182 Å². The average molecular weight is 433 g/mol. The summed E-state index contributed by atoms with van der Waals surface area (Å²) in [5.74, 6) is 1.61. The van der Waals surface area contributed by atoms with E-state index in [4.69, 9.17) is 9.47 Å². The lowest BCUT2D eigenvalue weighted by Crippen LogP contribution is -2.11. The smallest absolute Gasteiger partial charge is 0.255 e. The van der Waals surface area contributed by atoms with Gasteiger partial charge in [-0.2, -0.15) is 14.6 Å². The highest BCUT2D eigenvalue weighted by molar-refractivity contribution is 7.99. The van der Waals surface area contributed by atoms with Crippen molar-refractivity contribution in [2.24, 2.45) is 0 Å². The van der Waals surface area contributed by atoms with Crippen LogP contribution in [0.2, 0.25) is 0 Å². The van der Waals surface area contributed by atoms with Crippen molar-refractivity contribution in [3.63, 3.8) is 0 Å². The minimum Gasteiger partial charge on any atom is -0.454 e. The van der Waals surface area contributed by atoms with Crippen molar-refractivity contribution in [3.8, 4) is 11.5 Å². The number of anilines is 1. The van der Waals surface area contributed by atoms with Crippen molar-refractivity contribution in [1.82, 2.24) is 19.6 Å². The Morgan fingerprint density at radius 3 is 2.77 bits per heavy atom. The van der Waals surface area contributed by atoms with E-state index in [9.17, 15) is 4.79 Å². The largest absolute Gasteiger partial charge is 0.454 e. The standard InChI is InChI=1S/C22H19N5O3S/c1-3-17-13(2)25-22-23-11-24-27(22)21(17)31-16-7-5-15(6-8-16)26-20(28)14-4-9-18-19(10-14)30-12-29-18/h4-11H,3,12H2,1-2H3,(H,26,28). The molecule has 0 radical (unpaired) electrons. The first-order valence-corrected chi connectivity index (χ1v) is 10.6. The van der Waals surface area contributed by atoms with Crippen LogP contribution in [-0.2, 0) is 6.42 Å². The van der Waals surface area contributed by atoms with E-state index >= 15 is 0 Å². The molecule has 0 atom stereocenters. The highest BCUT2D eigenvalue weighted by atomic mass is 32.2. The van der Waals surface area contributed by atoms with E-state index in [2.05, 4.69) is 27.3 Å². The van der Waals surface area contributed by atoms with Gasteiger partial charge in [0.05, 0.1) is 0 Å². The molecular weight excluding hydrogens is 414 g/mol. The van der Waals surface area contributed by atoms with Crippen LogP contribution in [0, 0.1) is 6.92 Å². The zero-order chi connectivity index (χ0) is 21.4. The predicted molar refractivity (Wildman–Crippen MR) is 116 cm³/mol. The van der Waals surface area contributed by atoms with Crippen molar-refractivity contribution in [2.45, 2.75) is 30.2 Å². The van der Waals surface area contributed by atoms with Gasteiger partial charge in [0.1, 0.15) is 11.4 Å². The number of carbonyl (C=O) groups excluding carboxylic acids is 1. The van der Waals surface area contributed by atoms with Crippen LogP contribution in [0.1, 0.15) is 28.5 Å². The number of aryl methyl sites for hydroxylation is 1. The van der Waals surface area contributed by atoms with Crippen LogP contribution in [0.25, 0.3) is 5.78 Å². The fraction of sp³-hybridized carbons (Fsp3) is 0.182. The number of fused-ring (bicyclic) bond motifs is 2. The van der Waals surface area contributed by atoms with E-state index in [1.54, 1.807) is 34.5 Å². The summed E-state index contributed by atoms with van der Waals surface area (Å²) >= 11 is 1.60. The molecule has 0 bridgehead atoms. The second kappa shape index (κ2) is 7.92. The Bertz CT molecular complexity index is 1290. The van der Waals surface area contributed by atoms with Crippen molar-refractivity contribution >= 4 is 29.1 Å². The molecule has 4 aromatic rings. The second-order valence-corrected chi connectivity index (χ2v) is 8.02. The van der Waals surface area contributed by atoms with Gasteiger partial charge in [0, 0.05) is 27.4 Å². The van der Waals surface area contributed by atoms with Gasteiger partial charge in [-0.3, -0.25) is 4.79 Å². The van der Waals surface area contributed by atoms with Gasteiger partial charge in [0.25, 0.3) is 11.7 Å². The number of amides is 1. The first kappa shape index (κ1) is 19.4. The van der Waals surface area contributed by atoms with E-state index in [0.717, 1.165) is 27.6 Å². The van der Waals surface area contributed by atoms with E-state index in [-0.39, 0.29) is 12.7 Å². The monoisotopic (exact) mass is 433 g/mol. The summed E-state index contributed by atoms with van der Waals surface area (Å²) in [6.07, 6.45) is 2.36. The summed E-state index contributed by atoms with van der Waals surface area (Å²) in [6, 6.07) is 12.8.